The molecule has 6 nitrogen and oxygen atoms in total. The predicted molar refractivity (Wildman–Crippen MR) is 358 cm³/mol. The molecule has 0 fully saturated rings. The Labute approximate surface area is 510 Å². The number of hydrogen-bond donors (Lipinski definition) is 0. The molecule has 0 spiro atoms. The molecule has 0 rings (SSSR count). The molecule has 6 heteroatoms. The first-order valence-corrected chi connectivity index (χ1v) is 36.3. The van der Waals surface area contributed by atoms with Crippen LogP contribution in [-0.2, 0) is 28.6 Å². The van der Waals surface area contributed by atoms with Crippen molar-refractivity contribution in [1.82, 2.24) is 0 Å². The second-order valence-electron chi connectivity index (χ2n) is 24.5. The molecule has 478 valence electrons. The van der Waals surface area contributed by atoms with Gasteiger partial charge in [0.1, 0.15) is 13.2 Å². The van der Waals surface area contributed by atoms with Crippen molar-refractivity contribution >= 4 is 17.9 Å². The first-order valence-electron chi connectivity index (χ1n) is 36.3. The zero-order valence-electron chi connectivity index (χ0n) is 55.0. The van der Waals surface area contributed by atoms with Crippen molar-refractivity contribution in [3.63, 3.8) is 0 Å². The van der Waals surface area contributed by atoms with Crippen molar-refractivity contribution in [1.29, 1.82) is 0 Å². The molecule has 1 unspecified atom stereocenters. The van der Waals surface area contributed by atoms with Crippen molar-refractivity contribution in [3.05, 3.63) is 60.8 Å². The van der Waals surface area contributed by atoms with Crippen LogP contribution < -0.4 is 0 Å². The van der Waals surface area contributed by atoms with Crippen LogP contribution in [0.3, 0.4) is 0 Å². The number of allylic oxidation sites excluding steroid dienone is 10. The smallest absolute Gasteiger partial charge is 0.306 e. The molecule has 0 N–H and O–H groups in total. The summed E-state index contributed by atoms with van der Waals surface area (Å²) >= 11 is 0. The lowest BCUT2D eigenvalue weighted by Gasteiger charge is -2.18. The Balaban J connectivity index is 4.19. The van der Waals surface area contributed by atoms with E-state index in [1.165, 1.54) is 244 Å². The van der Waals surface area contributed by atoms with E-state index in [0.717, 1.165) is 103 Å². The fourth-order valence-electron chi connectivity index (χ4n) is 10.8. The van der Waals surface area contributed by atoms with Crippen LogP contribution in [0.2, 0.25) is 0 Å². The minimum absolute atomic E-state index is 0.0793. The maximum Gasteiger partial charge on any atom is 0.306 e. The summed E-state index contributed by atoms with van der Waals surface area (Å²) in [5.74, 6) is -0.880. The zero-order valence-corrected chi connectivity index (χ0v) is 55.0. The zero-order chi connectivity index (χ0) is 59.2. The highest BCUT2D eigenvalue weighted by Crippen LogP contribution is 2.19. The van der Waals surface area contributed by atoms with Gasteiger partial charge in [0, 0.05) is 19.3 Å². The van der Waals surface area contributed by atoms with Crippen molar-refractivity contribution < 1.29 is 28.6 Å². The molecule has 1 atom stereocenters. The normalized spacial score (nSPS) is 12.4. The van der Waals surface area contributed by atoms with Crippen LogP contribution in [0.15, 0.2) is 60.8 Å². The van der Waals surface area contributed by atoms with Gasteiger partial charge in [0.05, 0.1) is 0 Å². The summed E-state index contributed by atoms with van der Waals surface area (Å²) < 4.78 is 17.0. The Morgan fingerprint density at radius 3 is 0.756 bits per heavy atom. The number of hydrogen-bond acceptors (Lipinski definition) is 6. The van der Waals surface area contributed by atoms with Crippen molar-refractivity contribution in [2.24, 2.45) is 0 Å². The van der Waals surface area contributed by atoms with Gasteiger partial charge in [-0.25, -0.2) is 0 Å². The van der Waals surface area contributed by atoms with Gasteiger partial charge in [0.15, 0.2) is 6.10 Å². The average Bonchev–Trinajstić information content (AvgIpc) is 3.47. The standard InChI is InChI=1S/C76H138O6/c1-4-7-10-13-16-19-22-25-28-30-32-33-34-35-36-37-38-39-40-41-42-43-45-46-48-51-54-57-60-63-66-69-75(78)81-72-73(71-80-74(77)68-65-62-59-56-53-50-27-24-21-18-15-12-9-6-3)82-76(79)70-67-64-61-58-55-52-49-47-44-31-29-26-23-20-17-14-11-8-5-2/h8,11,17,20,24,26-27,29,44,47,73H,4-7,9-10,12-16,18-19,21-23,25,28,30-43,45-46,48-72H2,1-3H3/b11-8-,20-17-,27-24-,29-26-,47-44-. The summed E-state index contributed by atoms with van der Waals surface area (Å²) in [7, 11) is 0. The van der Waals surface area contributed by atoms with E-state index in [9.17, 15) is 14.4 Å². The number of unbranched alkanes of at least 4 members (excludes halogenated alkanes) is 46. The summed E-state index contributed by atoms with van der Waals surface area (Å²) in [5, 5.41) is 0. The third-order valence-electron chi connectivity index (χ3n) is 16.3. The average molecular weight is 1150 g/mol. The monoisotopic (exact) mass is 1150 g/mol. The first-order chi connectivity index (χ1) is 40.5. The lowest BCUT2D eigenvalue weighted by atomic mass is 10.0. The number of carbonyl (C=O) groups is 3. The molecule has 0 saturated heterocycles. The first kappa shape index (κ1) is 79.1. The van der Waals surface area contributed by atoms with Gasteiger partial charge in [-0.05, 0) is 83.5 Å². The van der Waals surface area contributed by atoms with Crippen LogP contribution in [0.4, 0.5) is 0 Å². The highest BCUT2D eigenvalue weighted by molar-refractivity contribution is 5.71. The molecule has 0 aliphatic rings. The van der Waals surface area contributed by atoms with Gasteiger partial charge < -0.3 is 14.2 Å². The Morgan fingerprint density at radius 2 is 0.476 bits per heavy atom. The molecule has 0 saturated carbocycles. The van der Waals surface area contributed by atoms with Crippen LogP contribution >= 0.6 is 0 Å². The van der Waals surface area contributed by atoms with Gasteiger partial charge in [0.2, 0.25) is 0 Å². The van der Waals surface area contributed by atoms with E-state index in [1.807, 2.05) is 0 Å². The minimum Gasteiger partial charge on any atom is -0.462 e. The van der Waals surface area contributed by atoms with E-state index >= 15 is 0 Å². The second kappa shape index (κ2) is 70.6. The molecule has 0 aliphatic carbocycles. The Bertz CT molecular complexity index is 1460. The number of rotatable bonds is 67. The number of esters is 3. The predicted octanol–water partition coefficient (Wildman–Crippen LogP) is 25.1. The maximum absolute atomic E-state index is 12.9. The van der Waals surface area contributed by atoms with Gasteiger partial charge in [0.25, 0.3) is 0 Å². The van der Waals surface area contributed by atoms with Crippen LogP contribution in [0.25, 0.3) is 0 Å². The highest BCUT2D eigenvalue weighted by atomic mass is 16.6. The van der Waals surface area contributed by atoms with E-state index in [0.29, 0.717) is 19.3 Å². The third-order valence-corrected chi connectivity index (χ3v) is 16.3. The van der Waals surface area contributed by atoms with Crippen LogP contribution in [0, 0.1) is 0 Å². The van der Waals surface area contributed by atoms with Crippen LogP contribution in [0.1, 0.15) is 387 Å². The van der Waals surface area contributed by atoms with E-state index < -0.39 is 6.10 Å². The summed E-state index contributed by atoms with van der Waals surface area (Å²) in [6, 6.07) is 0. The molecule has 0 aromatic rings. The van der Waals surface area contributed by atoms with Gasteiger partial charge >= 0.3 is 17.9 Å². The Kier molecular flexibility index (Phi) is 68.1. The number of ether oxygens (including phenoxy) is 3. The maximum atomic E-state index is 12.9. The molecular weight excluding hydrogens is 1010 g/mol. The van der Waals surface area contributed by atoms with Gasteiger partial charge in [-0.2, -0.15) is 0 Å². The summed E-state index contributed by atoms with van der Waals surface area (Å²) in [5.41, 5.74) is 0. The molecular formula is C76H138O6. The molecule has 0 radical (unpaired) electrons. The molecule has 0 aliphatic heterocycles. The van der Waals surface area contributed by atoms with E-state index in [2.05, 4.69) is 81.5 Å². The highest BCUT2D eigenvalue weighted by Gasteiger charge is 2.19. The second-order valence-corrected chi connectivity index (χ2v) is 24.5. The fourth-order valence-corrected chi connectivity index (χ4v) is 10.8. The van der Waals surface area contributed by atoms with E-state index in [4.69, 9.17) is 14.2 Å². The lowest BCUT2D eigenvalue weighted by molar-refractivity contribution is -0.167. The summed E-state index contributed by atoms with van der Waals surface area (Å²) in [6.45, 7) is 6.56. The number of carbonyl (C=O) groups excluding carboxylic acids is 3. The Hall–Kier alpha value is -2.89. The minimum atomic E-state index is -0.786. The van der Waals surface area contributed by atoms with Crippen molar-refractivity contribution in [3.8, 4) is 0 Å². The molecule has 82 heavy (non-hydrogen) atoms. The summed E-state index contributed by atoms with van der Waals surface area (Å²) in [4.78, 5) is 38.4. The lowest BCUT2D eigenvalue weighted by Crippen LogP contribution is -2.30. The van der Waals surface area contributed by atoms with Gasteiger partial charge in [-0.3, -0.25) is 14.4 Å². The van der Waals surface area contributed by atoms with Gasteiger partial charge in [-0.15, -0.1) is 0 Å². The van der Waals surface area contributed by atoms with Gasteiger partial charge in [-0.1, -0.05) is 345 Å². The van der Waals surface area contributed by atoms with Crippen LogP contribution in [-0.4, -0.2) is 37.2 Å². The molecule has 0 amide bonds. The molecule has 0 aromatic heterocycles. The molecule has 0 bridgehead atoms. The summed E-state index contributed by atoms with van der Waals surface area (Å²) in [6.07, 6.45) is 91.3. The van der Waals surface area contributed by atoms with Crippen molar-refractivity contribution in [2.45, 2.75) is 393 Å². The van der Waals surface area contributed by atoms with E-state index in [1.54, 1.807) is 0 Å². The Morgan fingerprint density at radius 1 is 0.256 bits per heavy atom. The third kappa shape index (κ3) is 67.9. The van der Waals surface area contributed by atoms with Crippen LogP contribution in [0.5, 0.6) is 0 Å². The SMILES string of the molecule is CC/C=C\C/C=C\C/C=C\C/C=C\CCCCCCCCC(=O)OC(COC(=O)CCCCCCC/C=C\CCCCCCC)COC(=O)CCCCCCCCCCCCCCCCCCCCCCCCCCCCCCCCC. The van der Waals surface area contributed by atoms with Crippen molar-refractivity contribution in [2.75, 3.05) is 13.2 Å². The topological polar surface area (TPSA) is 78.9 Å². The quantitative estimate of drug-likeness (QED) is 0.0261. The molecule has 0 heterocycles. The molecule has 0 aromatic carbocycles. The van der Waals surface area contributed by atoms with E-state index in [-0.39, 0.29) is 31.1 Å². The largest absolute Gasteiger partial charge is 0.462 e. The fraction of sp³-hybridized carbons (Fsp3) is 0.829.